The second kappa shape index (κ2) is 8.56. The van der Waals surface area contributed by atoms with Crippen LogP contribution in [0.5, 0.6) is 0 Å². The zero-order chi connectivity index (χ0) is 15.0. The summed E-state index contributed by atoms with van der Waals surface area (Å²) in [5.41, 5.74) is 0. The van der Waals surface area contributed by atoms with E-state index >= 15 is 0 Å². The summed E-state index contributed by atoms with van der Waals surface area (Å²) in [5, 5.41) is 0. The van der Waals surface area contributed by atoms with Crippen LogP contribution in [0.3, 0.4) is 0 Å². The Bertz CT molecular complexity index is 394. The Morgan fingerprint density at radius 2 is 2.00 bits per heavy atom. The first-order valence-corrected chi connectivity index (χ1v) is 8.40. The lowest BCUT2D eigenvalue weighted by molar-refractivity contribution is -0.140. The van der Waals surface area contributed by atoms with Crippen LogP contribution in [0, 0.1) is 0 Å². The summed E-state index contributed by atoms with van der Waals surface area (Å²) in [6, 6.07) is 0. The third kappa shape index (κ3) is 6.17. The first-order chi connectivity index (χ1) is 9.45. The van der Waals surface area contributed by atoms with Crippen molar-refractivity contribution < 1.29 is 17.9 Å². The SMILES string of the molecule is COC(=O)CCN(C)S(=O)(=O)NCCCN1CCCC1. The molecule has 0 amide bonds. The molecule has 20 heavy (non-hydrogen) atoms. The normalized spacial score (nSPS) is 16.8. The summed E-state index contributed by atoms with van der Waals surface area (Å²) in [5.74, 6) is -0.416. The maximum absolute atomic E-state index is 11.9. The molecule has 1 aliphatic heterocycles. The van der Waals surface area contributed by atoms with E-state index in [-0.39, 0.29) is 13.0 Å². The Morgan fingerprint density at radius 3 is 2.60 bits per heavy atom. The van der Waals surface area contributed by atoms with Gasteiger partial charge in [-0.1, -0.05) is 0 Å². The standard InChI is InChI=1S/C12H25N3O4S/c1-14(11-6-12(16)19-2)20(17,18)13-7-5-10-15-8-3-4-9-15/h13H,3-11H2,1-2H3. The highest BCUT2D eigenvalue weighted by atomic mass is 32.2. The predicted octanol–water partition coefficient (Wildman–Crippen LogP) is -0.198. The van der Waals surface area contributed by atoms with Crippen LogP contribution in [0.25, 0.3) is 0 Å². The number of carbonyl (C=O) groups is 1. The van der Waals surface area contributed by atoms with Crippen LogP contribution in [-0.2, 0) is 19.7 Å². The van der Waals surface area contributed by atoms with E-state index in [0.717, 1.165) is 30.4 Å². The van der Waals surface area contributed by atoms with Crippen molar-refractivity contribution in [1.82, 2.24) is 13.9 Å². The van der Waals surface area contributed by atoms with Gasteiger partial charge < -0.3 is 9.64 Å². The number of esters is 1. The maximum Gasteiger partial charge on any atom is 0.306 e. The van der Waals surface area contributed by atoms with E-state index in [4.69, 9.17) is 0 Å². The number of nitrogens with one attached hydrogen (secondary N) is 1. The van der Waals surface area contributed by atoms with Crippen LogP contribution in [0.1, 0.15) is 25.7 Å². The van der Waals surface area contributed by atoms with Crippen LogP contribution >= 0.6 is 0 Å². The molecule has 0 saturated carbocycles. The largest absolute Gasteiger partial charge is 0.469 e. The number of methoxy groups -OCH3 is 1. The summed E-state index contributed by atoms with van der Waals surface area (Å²) in [6.07, 6.45) is 3.33. The molecule has 1 fully saturated rings. The molecular weight excluding hydrogens is 282 g/mol. The lowest BCUT2D eigenvalue weighted by Gasteiger charge is -2.18. The Morgan fingerprint density at radius 1 is 1.35 bits per heavy atom. The highest BCUT2D eigenvalue weighted by Gasteiger charge is 2.18. The molecule has 0 aromatic rings. The topological polar surface area (TPSA) is 78.9 Å². The van der Waals surface area contributed by atoms with Crippen molar-refractivity contribution >= 4 is 16.2 Å². The summed E-state index contributed by atoms with van der Waals surface area (Å²) in [7, 11) is -0.768. The molecule has 1 heterocycles. The van der Waals surface area contributed by atoms with Crippen LogP contribution in [0.2, 0.25) is 0 Å². The Labute approximate surface area is 121 Å². The average Bonchev–Trinajstić information content (AvgIpc) is 2.93. The number of ether oxygens (including phenoxy) is 1. The molecule has 0 spiro atoms. The minimum atomic E-state index is -3.50. The Balaban J connectivity index is 2.20. The highest BCUT2D eigenvalue weighted by molar-refractivity contribution is 7.87. The van der Waals surface area contributed by atoms with Crippen LogP contribution in [-0.4, -0.2) is 70.5 Å². The molecule has 0 radical (unpaired) electrons. The van der Waals surface area contributed by atoms with Crippen molar-refractivity contribution in [3.8, 4) is 0 Å². The van der Waals surface area contributed by atoms with Crippen LogP contribution in [0.4, 0.5) is 0 Å². The van der Waals surface area contributed by atoms with Gasteiger partial charge in [-0.2, -0.15) is 12.7 Å². The van der Waals surface area contributed by atoms with Crippen molar-refractivity contribution in [3.05, 3.63) is 0 Å². The first-order valence-electron chi connectivity index (χ1n) is 6.96. The van der Waals surface area contributed by atoms with Gasteiger partial charge in [-0.05, 0) is 38.9 Å². The van der Waals surface area contributed by atoms with Crippen molar-refractivity contribution in [2.24, 2.45) is 0 Å². The van der Waals surface area contributed by atoms with Gasteiger partial charge in [0.25, 0.3) is 10.2 Å². The zero-order valence-electron chi connectivity index (χ0n) is 12.3. The molecule has 0 bridgehead atoms. The van der Waals surface area contributed by atoms with Crippen molar-refractivity contribution in [1.29, 1.82) is 0 Å². The fourth-order valence-electron chi connectivity index (χ4n) is 2.09. The minimum Gasteiger partial charge on any atom is -0.469 e. The van der Waals surface area contributed by atoms with E-state index in [0.29, 0.717) is 6.54 Å². The maximum atomic E-state index is 11.9. The molecule has 1 N–H and O–H groups in total. The molecule has 8 heteroatoms. The second-order valence-corrected chi connectivity index (χ2v) is 6.81. The minimum absolute atomic E-state index is 0.0572. The summed E-state index contributed by atoms with van der Waals surface area (Å²) in [4.78, 5) is 13.3. The van der Waals surface area contributed by atoms with Gasteiger partial charge in [-0.3, -0.25) is 4.79 Å². The van der Waals surface area contributed by atoms with E-state index in [2.05, 4.69) is 14.4 Å². The summed E-state index contributed by atoms with van der Waals surface area (Å²) in [6.45, 7) is 3.70. The monoisotopic (exact) mass is 307 g/mol. The molecule has 1 aliphatic rings. The number of carbonyl (C=O) groups excluding carboxylic acids is 1. The molecule has 0 aromatic carbocycles. The van der Waals surface area contributed by atoms with Gasteiger partial charge in [0, 0.05) is 20.1 Å². The fourth-order valence-corrected chi connectivity index (χ4v) is 3.05. The quantitative estimate of drug-likeness (QED) is 0.471. The van der Waals surface area contributed by atoms with Gasteiger partial charge in [-0.25, -0.2) is 4.72 Å². The van der Waals surface area contributed by atoms with Crippen molar-refractivity contribution in [2.45, 2.75) is 25.7 Å². The number of likely N-dealkylation sites (tertiary alicyclic amines) is 1. The Kier molecular flexibility index (Phi) is 7.42. The van der Waals surface area contributed by atoms with E-state index < -0.39 is 16.2 Å². The third-order valence-corrected chi connectivity index (χ3v) is 4.98. The molecule has 1 saturated heterocycles. The molecule has 7 nitrogen and oxygen atoms in total. The van der Waals surface area contributed by atoms with E-state index in [1.165, 1.54) is 27.0 Å². The molecular formula is C12H25N3O4S. The summed E-state index contributed by atoms with van der Waals surface area (Å²) < 4.78 is 31.9. The van der Waals surface area contributed by atoms with Gasteiger partial charge in [0.2, 0.25) is 0 Å². The fraction of sp³-hybridized carbons (Fsp3) is 0.917. The predicted molar refractivity (Wildman–Crippen MR) is 76.5 cm³/mol. The lowest BCUT2D eigenvalue weighted by atomic mass is 10.4. The molecule has 0 atom stereocenters. The smallest absolute Gasteiger partial charge is 0.306 e. The third-order valence-electron chi connectivity index (χ3n) is 3.40. The van der Waals surface area contributed by atoms with Crippen LogP contribution < -0.4 is 4.72 Å². The lowest BCUT2D eigenvalue weighted by Crippen LogP contribution is -2.40. The number of nitrogens with zero attached hydrogens (tertiary/aromatic N) is 2. The molecule has 118 valence electrons. The highest BCUT2D eigenvalue weighted by Crippen LogP contribution is 2.07. The van der Waals surface area contributed by atoms with Crippen molar-refractivity contribution in [2.75, 3.05) is 46.9 Å². The average molecular weight is 307 g/mol. The second-order valence-electron chi connectivity index (χ2n) is 4.95. The molecule has 0 aliphatic carbocycles. The summed E-state index contributed by atoms with van der Waals surface area (Å²) >= 11 is 0. The van der Waals surface area contributed by atoms with Gasteiger partial charge >= 0.3 is 5.97 Å². The van der Waals surface area contributed by atoms with Gasteiger partial charge in [0.1, 0.15) is 0 Å². The van der Waals surface area contributed by atoms with E-state index in [1.807, 2.05) is 0 Å². The molecule has 1 rings (SSSR count). The van der Waals surface area contributed by atoms with Gasteiger partial charge in [0.15, 0.2) is 0 Å². The molecule has 0 aromatic heterocycles. The van der Waals surface area contributed by atoms with Crippen molar-refractivity contribution in [3.63, 3.8) is 0 Å². The number of hydrogen-bond acceptors (Lipinski definition) is 5. The molecule has 0 unspecified atom stereocenters. The van der Waals surface area contributed by atoms with Gasteiger partial charge in [0.05, 0.1) is 13.5 Å². The van der Waals surface area contributed by atoms with Gasteiger partial charge in [-0.15, -0.1) is 0 Å². The Hall–Kier alpha value is -0.700. The first kappa shape index (κ1) is 17.4. The number of rotatable bonds is 9. The van der Waals surface area contributed by atoms with Crippen LogP contribution in [0.15, 0.2) is 0 Å². The number of hydrogen-bond donors (Lipinski definition) is 1. The zero-order valence-corrected chi connectivity index (χ0v) is 13.1. The van der Waals surface area contributed by atoms with E-state index in [9.17, 15) is 13.2 Å². The van der Waals surface area contributed by atoms with E-state index in [1.54, 1.807) is 0 Å².